The van der Waals surface area contributed by atoms with Gasteiger partial charge in [-0.3, -0.25) is 0 Å². The second kappa shape index (κ2) is 9.12. The highest BCUT2D eigenvalue weighted by Gasteiger charge is 2.36. The summed E-state index contributed by atoms with van der Waals surface area (Å²) in [6.07, 6.45) is -3.55. The maximum atomic E-state index is 13.5. The number of benzene rings is 2. The number of sulfone groups is 1. The van der Waals surface area contributed by atoms with Gasteiger partial charge in [0.05, 0.1) is 20.4 Å². The standard InChI is InChI=1S/C21H17F3N2O4S3/c1-32(27,28)16-9-5-6-14(12-16)18-10-11-19(31-18)17(25)13-20(21(22,23)24)26-33(29,30)15-7-3-2-4-8-15/h2-13H,25H2,1H3/b17-13-,26-20-. The van der Waals surface area contributed by atoms with Crippen LogP contribution in [0, 0.1) is 0 Å². The van der Waals surface area contributed by atoms with Gasteiger partial charge in [0.15, 0.2) is 15.5 Å². The fourth-order valence-corrected chi connectivity index (χ4v) is 5.30. The first-order valence-corrected chi connectivity index (χ1v) is 13.3. The van der Waals surface area contributed by atoms with E-state index in [1.54, 1.807) is 18.2 Å². The van der Waals surface area contributed by atoms with E-state index in [2.05, 4.69) is 4.40 Å². The average Bonchev–Trinajstić information content (AvgIpc) is 3.23. The van der Waals surface area contributed by atoms with E-state index in [1.807, 2.05) is 0 Å². The van der Waals surface area contributed by atoms with Gasteiger partial charge in [0.2, 0.25) is 0 Å². The van der Waals surface area contributed by atoms with Crippen molar-refractivity contribution in [2.24, 2.45) is 10.1 Å². The lowest BCUT2D eigenvalue weighted by Gasteiger charge is -2.08. The number of halogens is 3. The van der Waals surface area contributed by atoms with Gasteiger partial charge in [0.1, 0.15) is 0 Å². The molecule has 1 heterocycles. The molecular weight excluding hydrogens is 497 g/mol. The zero-order valence-corrected chi connectivity index (χ0v) is 19.4. The molecule has 0 spiro atoms. The second-order valence-corrected chi connectivity index (χ2v) is 11.5. The molecule has 0 aliphatic rings. The molecule has 0 saturated carbocycles. The van der Waals surface area contributed by atoms with Crippen LogP contribution in [0.4, 0.5) is 13.2 Å². The van der Waals surface area contributed by atoms with Gasteiger partial charge in [-0.05, 0) is 48.0 Å². The molecule has 0 fully saturated rings. The third-order valence-corrected chi connectivity index (χ3v) is 7.88. The summed E-state index contributed by atoms with van der Waals surface area (Å²) in [6, 6.07) is 15.6. The minimum Gasteiger partial charge on any atom is -0.398 e. The van der Waals surface area contributed by atoms with Crippen molar-refractivity contribution in [1.82, 2.24) is 0 Å². The first-order chi connectivity index (χ1) is 15.3. The summed E-state index contributed by atoms with van der Waals surface area (Å²) in [5.41, 5.74) is 4.37. The Morgan fingerprint density at radius 2 is 1.58 bits per heavy atom. The Bertz CT molecular complexity index is 1440. The summed E-state index contributed by atoms with van der Waals surface area (Å²) in [5, 5.41) is 0. The predicted molar refractivity (Wildman–Crippen MR) is 122 cm³/mol. The smallest absolute Gasteiger partial charge is 0.398 e. The number of rotatable bonds is 6. The van der Waals surface area contributed by atoms with E-state index in [-0.39, 0.29) is 20.4 Å². The van der Waals surface area contributed by atoms with E-state index in [4.69, 9.17) is 5.73 Å². The molecule has 33 heavy (non-hydrogen) atoms. The molecule has 3 rings (SSSR count). The van der Waals surface area contributed by atoms with E-state index < -0.39 is 31.7 Å². The van der Waals surface area contributed by atoms with Gasteiger partial charge < -0.3 is 5.73 Å². The molecular formula is C21H17F3N2O4S3. The van der Waals surface area contributed by atoms with Crippen LogP contribution in [0.2, 0.25) is 0 Å². The largest absolute Gasteiger partial charge is 0.434 e. The summed E-state index contributed by atoms with van der Waals surface area (Å²) in [4.78, 5) is 0.497. The normalized spacial score (nSPS) is 13.8. The second-order valence-electron chi connectivity index (χ2n) is 6.83. The first kappa shape index (κ1) is 24.7. The zero-order chi connectivity index (χ0) is 24.4. The van der Waals surface area contributed by atoms with Crippen LogP contribution in [0.3, 0.4) is 0 Å². The summed E-state index contributed by atoms with van der Waals surface area (Å²) in [6.45, 7) is 0. The van der Waals surface area contributed by atoms with Crippen molar-refractivity contribution in [2.45, 2.75) is 16.0 Å². The van der Waals surface area contributed by atoms with E-state index in [9.17, 15) is 30.0 Å². The van der Waals surface area contributed by atoms with E-state index in [1.165, 1.54) is 36.4 Å². The Morgan fingerprint density at radius 1 is 0.939 bits per heavy atom. The molecule has 3 aromatic rings. The molecule has 0 atom stereocenters. The number of sulfonamides is 1. The molecule has 0 radical (unpaired) electrons. The molecule has 174 valence electrons. The van der Waals surface area contributed by atoms with Crippen LogP contribution in [0.25, 0.3) is 16.1 Å². The molecule has 0 aliphatic heterocycles. The Labute approximate surface area is 192 Å². The van der Waals surface area contributed by atoms with Gasteiger partial charge in [0, 0.05) is 11.1 Å². The number of thiophene rings is 1. The Kier molecular flexibility index (Phi) is 6.82. The van der Waals surface area contributed by atoms with Crippen LogP contribution in [0.15, 0.2) is 87.0 Å². The summed E-state index contributed by atoms with van der Waals surface area (Å²) >= 11 is 1.02. The Morgan fingerprint density at radius 3 is 2.18 bits per heavy atom. The Balaban J connectivity index is 2.00. The van der Waals surface area contributed by atoms with Crippen LogP contribution in [-0.2, 0) is 19.9 Å². The topological polar surface area (TPSA) is 107 Å². The van der Waals surface area contributed by atoms with Gasteiger partial charge in [0.25, 0.3) is 10.0 Å². The van der Waals surface area contributed by atoms with Gasteiger partial charge >= 0.3 is 6.18 Å². The highest BCUT2D eigenvalue weighted by atomic mass is 32.2. The predicted octanol–water partition coefficient (Wildman–Crippen LogP) is 4.51. The maximum absolute atomic E-state index is 13.5. The van der Waals surface area contributed by atoms with Crippen molar-refractivity contribution in [3.05, 3.63) is 77.7 Å². The number of allylic oxidation sites excluding steroid dienone is 1. The molecule has 12 heteroatoms. The molecule has 0 unspecified atom stereocenters. The quantitative estimate of drug-likeness (QED) is 0.487. The summed E-state index contributed by atoms with van der Waals surface area (Å²) in [7, 11) is -8.06. The third-order valence-electron chi connectivity index (χ3n) is 4.28. The van der Waals surface area contributed by atoms with Gasteiger partial charge in [-0.15, -0.1) is 11.3 Å². The number of nitrogens with zero attached hydrogens (tertiary/aromatic N) is 1. The monoisotopic (exact) mass is 514 g/mol. The SMILES string of the molecule is CS(=O)(=O)c1cccc(-c2ccc(/C(N)=C/C(=N/S(=O)(=O)c3ccccc3)C(F)(F)F)s2)c1. The molecule has 1 aromatic heterocycles. The zero-order valence-electron chi connectivity index (χ0n) is 16.9. The fraction of sp³-hybridized carbons (Fsp3) is 0.0952. The van der Waals surface area contributed by atoms with E-state index >= 15 is 0 Å². The van der Waals surface area contributed by atoms with Crippen LogP contribution in [0.1, 0.15) is 4.88 Å². The molecule has 0 saturated heterocycles. The van der Waals surface area contributed by atoms with Crippen molar-refractivity contribution >= 4 is 42.6 Å². The lowest BCUT2D eigenvalue weighted by atomic mass is 10.2. The molecule has 0 bridgehead atoms. The van der Waals surface area contributed by atoms with Crippen LogP contribution in [-0.4, -0.2) is 35.0 Å². The third kappa shape index (κ3) is 6.09. The number of nitrogens with two attached hydrogens (primary N) is 1. The minimum absolute atomic E-state index is 0.0936. The number of hydrogen-bond acceptors (Lipinski definition) is 6. The summed E-state index contributed by atoms with van der Waals surface area (Å²) < 4.78 is 91.7. The van der Waals surface area contributed by atoms with Crippen molar-refractivity contribution in [1.29, 1.82) is 0 Å². The highest BCUT2D eigenvalue weighted by molar-refractivity contribution is 7.90. The first-order valence-electron chi connectivity index (χ1n) is 9.12. The van der Waals surface area contributed by atoms with Crippen molar-refractivity contribution in [3.8, 4) is 10.4 Å². The molecule has 0 amide bonds. The lowest BCUT2D eigenvalue weighted by molar-refractivity contribution is -0.0575. The Hall–Kier alpha value is -2.96. The van der Waals surface area contributed by atoms with Gasteiger partial charge in [-0.25, -0.2) is 8.42 Å². The van der Waals surface area contributed by atoms with E-state index in [0.29, 0.717) is 16.5 Å². The van der Waals surface area contributed by atoms with Gasteiger partial charge in [-0.1, -0.05) is 30.3 Å². The van der Waals surface area contributed by atoms with Crippen LogP contribution < -0.4 is 5.73 Å². The van der Waals surface area contributed by atoms with E-state index in [0.717, 1.165) is 29.7 Å². The highest BCUT2D eigenvalue weighted by Crippen LogP contribution is 2.32. The molecule has 6 nitrogen and oxygen atoms in total. The number of hydrogen-bond donors (Lipinski definition) is 1. The number of alkyl halides is 3. The molecule has 2 aromatic carbocycles. The lowest BCUT2D eigenvalue weighted by Crippen LogP contribution is -2.23. The van der Waals surface area contributed by atoms with Crippen molar-refractivity contribution in [3.63, 3.8) is 0 Å². The minimum atomic E-state index is -5.07. The van der Waals surface area contributed by atoms with Crippen molar-refractivity contribution in [2.75, 3.05) is 6.26 Å². The van der Waals surface area contributed by atoms with Crippen molar-refractivity contribution < 1.29 is 30.0 Å². The van der Waals surface area contributed by atoms with Crippen LogP contribution >= 0.6 is 11.3 Å². The fourth-order valence-electron chi connectivity index (χ4n) is 2.68. The average molecular weight is 515 g/mol. The van der Waals surface area contributed by atoms with Crippen LogP contribution in [0.5, 0.6) is 0 Å². The molecule has 2 N–H and O–H groups in total. The summed E-state index contributed by atoms with van der Waals surface area (Å²) in [5.74, 6) is 0. The van der Waals surface area contributed by atoms with Gasteiger partial charge in [-0.2, -0.15) is 26.0 Å². The molecule has 0 aliphatic carbocycles. The maximum Gasteiger partial charge on any atom is 0.434 e.